The van der Waals surface area contributed by atoms with E-state index in [1.54, 1.807) is 7.05 Å². The number of carbonyl (C=O) groups is 1. The average Bonchev–Trinajstić information content (AvgIpc) is 2.96. The van der Waals surface area contributed by atoms with Crippen molar-refractivity contribution in [3.05, 3.63) is 29.6 Å². The molecule has 2 rings (SSSR count). The fourth-order valence-corrected chi connectivity index (χ4v) is 4.32. The monoisotopic (exact) mass is 330 g/mol. The van der Waals surface area contributed by atoms with Crippen LogP contribution in [0.15, 0.2) is 23.1 Å². The zero-order valence-corrected chi connectivity index (χ0v) is 13.3. The summed E-state index contributed by atoms with van der Waals surface area (Å²) in [6.07, 6.45) is 0.725. The summed E-state index contributed by atoms with van der Waals surface area (Å²) in [4.78, 5) is 11.4. The summed E-state index contributed by atoms with van der Waals surface area (Å²) >= 11 is 0. The first-order chi connectivity index (χ1) is 10.4. The number of nitrogens with one attached hydrogen (secondary N) is 1. The summed E-state index contributed by atoms with van der Waals surface area (Å²) in [5.74, 6) is -1.31. The van der Waals surface area contributed by atoms with Gasteiger partial charge in [0.1, 0.15) is 5.82 Å². The predicted molar refractivity (Wildman–Crippen MR) is 78.5 cm³/mol. The Morgan fingerprint density at radius 3 is 2.86 bits per heavy atom. The van der Waals surface area contributed by atoms with Crippen LogP contribution in [0.5, 0.6) is 0 Å². The Hall–Kier alpha value is -1.51. The summed E-state index contributed by atoms with van der Waals surface area (Å²) < 4.78 is 44.8. The lowest BCUT2D eigenvalue weighted by Crippen LogP contribution is -2.31. The van der Waals surface area contributed by atoms with Crippen LogP contribution in [0, 0.1) is 11.7 Å². The second-order valence-corrected chi connectivity index (χ2v) is 7.11. The largest absolute Gasteiger partial charge is 0.465 e. The number of esters is 1. The SMILES string of the molecule is CNCC1CCN(S(=O)(=O)c2cc(F)ccc2C(=O)OC)C1. The van der Waals surface area contributed by atoms with Crippen LogP contribution in [-0.2, 0) is 14.8 Å². The quantitative estimate of drug-likeness (QED) is 0.810. The molecule has 1 aliphatic rings. The molecule has 1 aromatic carbocycles. The number of benzene rings is 1. The highest BCUT2D eigenvalue weighted by atomic mass is 32.2. The second kappa shape index (κ2) is 6.72. The molecule has 1 aromatic rings. The van der Waals surface area contributed by atoms with Crippen LogP contribution in [0.3, 0.4) is 0 Å². The zero-order chi connectivity index (χ0) is 16.3. The molecule has 0 saturated carbocycles. The Labute approximate surface area is 129 Å². The normalized spacial score (nSPS) is 19.3. The topological polar surface area (TPSA) is 75.7 Å². The molecule has 1 aliphatic heterocycles. The van der Waals surface area contributed by atoms with Gasteiger partial charge in [-0.25, -0.2) is 17.6 Å². The lowest BCUT2D eigenvalue weighted by Gasteiger charge is -2.18. The van der Waals surface area contributed by atoms with E-state index in [0.29, 0.717) is 19.6 Å². The predicted octanol–water partition coefficient (Wildman–Crippen LogP) is 0.842. The van der Waals surface area contributed by atoms with Crippen molar-refractivity contribution < 1.29 is 22.3 Å². The number of carbonyl (C=O) groups excluding carboxylic acids is 1. The van der Waals surface area contributed by atoms with E-state index in [-0.39, 0.29) is 16.4 Å². The van der Waals surface area contributed by atoms with Crippen molar-refractivity contribution >= 4 is 16.0 Å². The smallest absolute Gasteiger partial charge is 0.339 e. The van der Waals surface area contributed by atoms with Gasteiger partial charge < -0.3 is 10.1 Å². The molecule has 122 valence electrons. The van der Waals surface area contributed by atoms with Gasteiger partial charge in [0.25, 0.3) is 0 Å². The molecule has 6 nitrogen and oxygen atoms in total. The van der Waals surface area contributed by atoms with Crippen LogP contribution < -0.4 is 5.32 Å². The molecular weight excluding hydrogens is 311 g/mol. The molecule has 0 aromatic heterocycles. The minimum Gasteiger partial charge on any atom is -0.465 e. The van der Waals surface area contributed by atoms with E-state index in [1.807, 2.05) is 0 Å². The number of methoxy groups -OCH3 is 1. The van der Waals surface area contributed by atoms with Crippen molar-refractivity contribution in [1.82, 2.24) is 9.62 Å². The van der Waals surface area contributed by atoms with E-state index < -0.39 is 21.8 Å². The van der Waals surface area contributed by atoms with Crippen LogP contribution in [-0.4, -0.2) is 52.5 Å². The molecule has 0 amide bonds. The summed E-state index contributed by atoms with van der Waals surface area (Å²) in [5, 5.41) is 3.01. The Morgan fingerprint density at radius 2 is 2.23 bits per heavy atom. The number of nitrogens with zero attached hydrogens (tertiary/aromatic N) is 1. The molecule has 1 unspecified atom stereocenters. The summed E-state index contributed by atoms with van der Waals surface area (Å²) in [6.45, 7) is 1.41. The Bertz CT molecular complexity index is 663. The van der Waals surface area contributed by atoms with E-state index in [9.17, 15) is 17.6 Å². The van der Waals surface area contributed by atoms with Crippen LogP contribution in [0.4, 0.5) is 4.39 Å². The Kier molecular flexibility index (Phi) is 5.15. The molecule has 1 atom stereocenters. The van der Waals surface area contributed by atoms with Gasteiger partial charge in [-0.3, -0.25) is 0 Å². The number of hydrogen-bond acceptors (Lipinski definition) is 5. The molecule has 0 aliphatic carbocycles. The second-order valence-electron chi connectivity index (χ2n) is 5.21. The number of rotatable bonds is 5. The van der Waals surface area contributed by atoms with Gasteiger partial charge in [0.05, 0.1) is 17.6 Å². The van der Waals surface area contributed by atoms with Crippen LogP contribution in [0.2, 0.25) is 0 Å². The average molecular weight is 330 g/mol. The van der Waals surface area contributed by atoms with Crippen molar-refractivity contribution in [3.63, 3.8) is 0 Å². The van der Waals surface area contributed by atoms with E-state index >= 15 is 0 Å². The first-order valence-electron chi connectivity index (χ1n) is 6.92. The van der Waals surface area contributed by atoms with Crippen molar-refractivity contribution in [1.29, 1.82) is 0 Å². The Balaban J connectivity index is 2.37. The van der Waals surface area contributed by atoms with Gasteiger partial charge in [-0.2, -0.15) is 4.31 Å². The molecule has 22 heavy (non-hydrogen) atoms. The summed E-state index contributed by atoms with van der Waals surface area (Å²) in [6, 6.07) is 3.04. The molecular formula is C14H19FN2O4S. The molecule has 1 saturated heterocycles. The van der Waals surface area contributed by atoms with Crippen LogP contribution in [0.25, 0.3) is 0 Å². The number of ether oxygens (including phenoxy) is 1. The van der Waals surface area contributed by atoms with Crippen LogP contribution in [0.1, 0.15) is 16.8 Å². The lowest BCUT2D eigenvalue weighted by atomic mass is 10.1. The van der Waals surface area contributed by atoms with Gasteiger partial charge in [0.2, 0.25) is 10.0 Å². The molecule has 0 radical (unpaired) electrons. The Morgan fingerprint density at radius 1 is 1.50 bits per heavy atom. The van der Waals surface area contributed by atoms with E-state index in [1.165, 1.54) is 4.31 Å². The minimum atomic E-state index is -3.93. The van der Waals surface area contributed by atoms with E-state index in [2.05, 4.69) is 10.1 Å². The highest BCUT2D eigenvalue weighted by Crippen LogP contribution is 2.27. The molecule has 1 N–H and O–H groups in total. The van der Waals surface area contributed by atoms with Gasteiger partial charge in [-0.05, 0) is 44.1 Å². The minimum absolute atomic E-state index is 0.152. The van der Waals surface area contributed by atoms with Gasteiger partial charge >= 0.3 is 5.97 Å². The maximum Gasteiger partial charge on any atom is 0.339 e. The third-order valence-electron chi connectivity index (χ3n) is 3.71. The number of hydrogen-bond donors (Lipinski definition) is 1. The van der Waals surface area contributed by atoms with Crippen molar-refractivity contribution in [2.45, 2.75) is 11.3 Å². The maximum absolute atomic E-state index is 13.5. The van der Waals surface area contributed by atoms with Crippen molar-refractivity contribution in [2.75, 3.05) is 33.8 Å². The molecule has 8 heteroatoms. The van der Waals surface area contributed by atoms with Gasteiger partial charge in [0, 0.05) is 13.1 Å². The first-order valence-corrected chi connectivity index (χ1v) is 8.36. The van der Waals surface area contributed by atoms with Crippen molar-refractivity contribution in [2.24, 2.45) is 5.92 Å². The van der Waals surface area contributed by atoms with Gasteiger partial charge in [-0.1, -0.05) is 0 Å². The molecule has 0 spiro atoms. The molecule has 0 bridgehead atoms. The van der Waals surface area contributed by atoms with E-state index in [0.717, 1.165) is 31.7 Å². The third-order valence-corrected chi connectivity index (χ3v) is 5.61. The highest BCUT2D eigenvalue weighted by molar-refractivity contribution is 7.89. The highest BCUT2D eigenvalue weighted by Gasteiger charge is 2.35. The zero-order valence-electron chi connectivity index (χ0n) is 12.5. The fraction of sp³-hybridized carbons (Fsp3) is 0.500. The van der Waals surface area contributed by atoms with Gasteiger partial charge in [-0.15, -0.1) is 0 Å². The maximum atomic E-state index is 13.5. The van der Waals surface area contributed by atoms with Crippen molar-refractivity contribution in [3.8, 4) is 0 Å². The summed E-state index contributed by atoms with van der Waals surface area (Å²) in [5.41, 5.74) is -0.152. The molecule has 1 heterocycles. The lowest BCUT2D eigenvalue weighted by molar-refractivity contribution is 0.0596. The van der Waals surface area contributed by atoms with E-state index in [4.69, 9.17) is 0 Å². The fourth-order valence-electron chi connectivity index (χ4n) is 2.60. The first kappa shape index (κ1) is 16.9. The third kappa shape index (κ3) is 3.29. The molecule has 1 fully saturated rings. The standard InChI is InChI=1S/C14H19FN2O4S/c1-16-8-10-5-6-17(9-10)22(19,20)13-7-11(15)3-4-12(13)14(18)21-2/h3-4,7,10,16H,5-6,8-9H2,1-2H3. The number of halogens is 1. The summed E-state index contributed by atoms with van der Waals surface area (Å²) in [7, 11) is -0.975. The number of sulfonamides is 1. The van der Waals surface area contributed by atoms with Gasteiger partial charge in [0.15, 0.2) is 0 Å². The van der Waals surface area contributed by atoms with Crippen LogP contribution >= 0.6 is 0 Å².